The molecule has 1 fully saturated rings. The van der Waals surface area contributed by atoms with Crippen LogP contribution in [0, 0.1) is 5.41 Å². The van der Waals surface area contributed by atoms with Gasteiger partial charge in [-0.2, -0.15) is 4.31 Å². The molecule has 2 aromatic rings. The van der Waals surface area contributed by atoms with E-state index in [0.29, 0.717) is 42.6 Å². The van der Waals surface area contributed by atoms with E-state index in [1.807, 2.05) is 13.0 Å². The molecular weight excluding hydrogens is 430 g/mol. The van der Waals surface area contributed by atoms with Crippen LogP contribution in [0.1, 0.15) is 55.7 Å². The van der Waals surface area contributed by atoms with E-state index in [-0.39, 0.29) is 35.8 Å². The first kappa shape index (κ1) is 22.8. The van der Waals surface area contributed by atoms with E-state index in [1.54, 1.807) is 13.0 Å². The molecule has 0 bridgehead atoms. The Kier molecular flexibility index (Phi) is 5.83. The normalized spacial score (nSPS) is 19.2. The third kappa shape index (κ3) is 3.92. The number of aromatic amines is 1. The van der Waals surface area contributed by atoms with E-state index in [1.165, 1.54) is 9.21 Å². The Hall–Kier alpha value is -2.39. The first-order valence-corrected chi connectivity index (χ1v) is 12.6. The van der Waals surface area contributed by atoms with Crippen LogP contribution in [0.2, 0.25) is 0 Å². The number of hydrogen-bond acceptors (Lipinski definition) is 5. The lowest BCUT2D eigenvalue weighted by Gasteiger charge is -2.33. The van der Waals surface area contributed by atoms with Crippen molar-refractivity contribution in [3.05, 3.63) is 29.0 Å². The summed E-state index contributed by atoms with van der Waals surface area (Å²) in [5.74, 6) is 0.107. The fourth-order valence-corrected chi connectivity index (χ4v) is 6.54. The standard InChI is InChI=1S/C23H31N3O5S/c1-5-15-11-16-17(24-18-13-23(3,4)14-19(27)21(16)18)12-20(15)32(29,30)26-9-7-25(8-10-26)22(28)31-6-2/h11-12,24H,5-10,13-14H2,1-4H3. The number of piperazine rings is 1. The number of amides is 1. The highest BCUT2D eigenvalue weighted by atomic mass is 32.2. The van der Waals surface area contributed by atoms with Crippen LogP contribution < -0.4 is 0 Å². The second kappa shape index (κ2) is 8.19. The van der Waals surface area contributed by atoms with Crippen LogP contribution >= 0.6 is 0 Å². The zero-order valence-electron chi connectivity index (χ0n) is 19.2. The van der Waals surface area contributed by atoms with Crippen LogP contribution in [0.4, 0.5) is 4.79 Å². The summed E-state index contributed by atoms with van der Waals surface area (Å²) in [6.07, 6.45) is 1.36. The van der Waals surface area contributed by atoms with Crippen molar-refractivity contribution in [3.8, 4) is 0 Å². The number of carbonyl (C=O) groups excluding carboxylic acids is 2. The van der Waals surface area contributed by atoms with Crippen molar-refractivity contribution < 1.29 is 22.7 Å². The van der Waals surface area contributed by atoms with E-state index in [4.69, 9.17) is 4.74 Å². The van der Waals surface area contributed by atoms with Crippen molar-refractivity contribution in [1.82, 2.24) is 14.2 Å². The second-order valence-corrected chi connectivity index (χ2v) is 11.3. The molecule has 32 heavy (non-hydrogen) atoms. The van der Waals surface area contributed by atoms with Crippen LogP contribution in [-0.2, 0) is 27.6 Å². The number of aromatic nitrogens is 1. The van der Waals surface area contributed by atoms with Gasteiger partial charge >= 0.3 is 6.09 Å². The minimum absolute atomic E-state index is 0.107. The van der Waals surface area contributed by atoms with E-state index in [2.05, 4.69) is 18.8 Å². The molecule has 0 unspecified atom stereocenters. The number of Topliss-reactive ketones (excluding diaryl/α,β-unsaturated/α-hetero) is 1. The van der Waals surface area contributed by atoms with Crippen LogP contribution in [0.5, 0.6) is 0 Å². The average molecular weight is 462 g/mol. The summed E-state index contributed by atoms with van der Waals surface area (Å²) >= 11 is 0. The number of H-pyrrole nitrogens is 1. The quantitative estimate of drug-likeness (QED) is 0.753. The van der Waals surface area contributed by atoms with Crippen LogP contribution in [0.25, 0.3) is 10.9 Å². The molecule has 4 rings (SSSR count). The van der Waals surface area contributed by atoms with Crippen LogP contribution in [-0.4, -0.2) is 67.3 Å². The molecule has 1 aliphatic carbocycles. The molecule has 2 aliphatic rings. The number of sulfonamides is 1. The predicted octanol–water partition coefficient (Wildman–Crippen LogP) is 3.35. The smallest absolute Gasteiger partial charge is 0.409 e. The van der Waals surface area contributed by atoms with Gasteiger partial charge in [0.2, 0.25) is 10.0 Å². The molecule has 1 aliphatic heterocycles. The Balaban J connectivity index is 1.68. The lowest BCUT2D eigenvalue weighted by Crippen LogP contribution is -2.50. The average Bonchev–Trinajstić information content (AvgIpc) is 3.09. The Bertz CT molecular complexity index is 1170. The van der Waals surface area contributed by atoms with Gasteiger partial charge < -0.3 is 14.6 Å². The molecule has 2 heterocycles. The molecule has 0 atom stereocenters. The summed E-state index contributed by atoms with van der Waals surface area (Å²) in [5, 5.41) is 0.809. The minimum atomic E-state index is -3.75. The van der Waals surface area contributed by atoms with E-state index in [0.717, 1.165) is 17.5 Å². The van der Waals surface area contributed by atoms with Gasteiger partial charge in [-0.25, -0.2) is 13.2 Å². The molecule has 1 saturated heterocycles. The molecule has 174 valence electrons. The van der Waals surface area contributed by atoms with Gasteiger partial charge in [0.15, 0.2) is 5.78 Å². The van der Waals surface area contributed by atoms with Crippen molar-refractivity contribution >= 4 is 32.8 Å². The van der Waals surface area contributed by atoms with Gasteiger partial charge in [0.25, 0.3) is 0 Å². The van der Waals surface area contributed by atoms with Crippen molar-refractivity contribution in [1.29, 1.82) is 0 Å². The van der Waals surface area contributed by atoms with Gasteiger partial charge in [-0.15, -0.1) is 0 Å². The number of nitrogens with zero attached hydrogens (tertiary/aromatic N) is 2. The SMILES string of the molecule is CCOC(=O)N1CCN(S(=O)(=O)c2cc3[nH]c4c(c3cc2CC)C(=O)CC(C)(C)C4)CC1. The lowest BCUT2D eigenvalue weighted by molar-refractivity contribution is 0.0911. The van der Waals surface area contributed by atoms with Crippen LogP contribution in [0.3, 0.4) is 0 Å². The third-order valence-corrected chi connectivity index (χ3v) is 8.37. The summed E-state index contributed by atoms with van der Waals surface area (Å²) in [5.41, 5.74) is 2.86. The predicted molar refractivity (Wildman–Crippen MR) is 121 cm³/mol. The van der Waals surface area contributed by atoms with Crippen molar-refractivity contribution in [2.45, 2.75) is 51.9 Å². The van der Waals surface area contributed by atoms with Gasteiger partial charge in [0.1, 0.15) is 0 Å². The van der Waals surface area contributed by atoms with Gasteiger partial charge in [0.05, 0.1) is 11.5 Å². The number of rotatable bonds is 4. The lowest BCUT2D eigenvalue weighted by atomic mass is 9.76. The number of benzene rings is 1. The number of fused-ring (bicyclic) bond motifs is 3. The summed E-state index contributed by atoms with van der Waals surface area (Å²) < 4.78 is 33.5. The fraction of sp³-hybridized carbons (Fsp3) is 0.565. The number of ether oxygens (including phenoxy) is 1. The Morgan fingerprint density at radius 1 is 1.12 bits per heavy atom. The zero-order valence-corrected chi connectivity index (χ0v) is 20.0. The highest BCUT2D eigenvalue weighted by Crippen LogP contribution is 2.39. The Morgan fingerprint density at radius 3 is 2.44 bits per heavy atom. The molecule has 8 nitrogen and oxygen atoms in total. The van der Waals surface area contributed by atoms with Gasteiger partial charge in [0, 0.05) is 54.8 Å². The van der Waals surface area contributed by atoms with E-state index >= 15 is 0 Å². The molecule has 1 N–H and O–H groups in total. The Morgan fingerprint density at radius 2 is 1.81 bits per heavy atom. The zero-order chi connectivity index (χ0) is 23.3. The highest BCUT2D eigenvalue weighted by Gasteiger charge is 2.36. The second-order valence-electron chi connectivity index (χ2n) is 9.37. The van der Waals surface area contributed by atoms with Crippen molar-refractivity contribution in [2.75, 3.05) is 32.8 Å². The molecule has 1 aromatic heterocycles. The molecular formula is C23H31N3O5S. The monoisotopic (exact) mass is 461 g/mol. The molecule has 9 heteroatoms. The fourth-order valence-electron chi connectivity index (χ4n) is 4.82. The summed E-state index contributed by atoms with van der Waals surface area (Å²) in [7, 11) is -3.75. The molecule has 1 amide bonds. The number of hydrogen-bond donors (Lipinski definition) is 1. The van der Waals surface area contributed by atoms with Crippen molar-refractivity contribution in [2.24, 2.45) is 5.41 Å². The van der Waals surface area contributed by atoms with Crippen molar-refractivity contribution in [3.63, 3.8) is 0 Å². The number of nitrogens with one attached hydrogen (secondary N) is 1. The van der Waals surface area contributed by atoms with E-state index < -0.39 is 16.1 Å². The minimum Gasteiger partial charge on any atom is -0.450 e. The first-order valence-electron chi connectivity index (χ1n) is 11.2. The topological polar surface area (TPSA) is 99.8 Å². The first-order chi connectivity index (χ1) is 15.1. The van der Waals surface area contributed by atoms with E-state index in [9.17, 15) is 18.0 Å². The number of aryl methyl sites for hydroxylation is 1. The third-order valence-electron chi connectivity index (χ3n) is 6.39. The number of ketones is 1. The maximum atomic E-state index is 13.5. The van der Waals surface area contributed by atoms with Crippen LogP contribution in [0.15, 0.2) is 17.0 Å². The molecule has 0 spiro atoms. The maximum absolute atomic E-state index is 13.5. The molecule has 0 saturated carbocycles. The maximum Gasteiger partial charge on any atom is 0.409 e. The largest absolute Gasteiger partial charge is 0.450 e. The highest BCUT2D eigenvalue weighted by molar-refractivity contribution is 7.89. The molecule has 0 radical (unpaired) electrons. The summed E-state index contributed by atoms with van der Waals surface area (Å²) in [6, 6.07) is 3.54. The summed E-state index contributed by atoms with van der Waals surface area (Å²) in [4.78, 5) is 29.9. The van der Waals surface area contributed by atoms with Gasteiger partial charge in [-0.1, -0.05) is 20.8 Å². The summed E-state index contributed by atoms with van der Waals surface area (Å²) in [6.45, 7) is 9.12. The van der Waals surface area contributed by atoms with Gasteiger partial charge in [-0.3, -0.25) is 4.79 Å². The van der Waals surface area contributed by atoms with Gasteiger partial charge in [-0.05, 0) is 42.9 Å². The Labute approximate surface area is 189 Å². The molecule has 1 aromatic carbocycles. The number of carbonyl (C=O) groups is 2.